The largest absolute Gasteiger partial charge is 0.980 e. The lowest BCUT2D eigenvalue weighted by atomic mass is 11.3. The van der Waals surface area contributed by atoms with Gasteiger partial charge in [-0.25, -0.2) is 41.1 Å². The van der Waals surface area contributed by atoms with Crippen molar-refractivity contribution in [1.82, 2.24) is 21.9 Å². The molecule has 0 heterocycles. The van der Waals surface area contributed by atoms with Gasteiger partial charge in [-0.1, -0.05) is 0 Å². The summed E-state index contributed by atoms with van der Waals surface area (Å²) in [6.45, 7) is 0. The molecule has 17 heteroatoms. The fourth-order valence-corrected chi connectivity index (χ4v) is 2.01. The van der Waals surface area contributed by atoms with E-state index in [4.69, 9.17) is 20.8 Å². The van der Waals surface area contributed by atoms with E-state index in [1.807, 2.05) is 0 Å². The highest BCUT2D eigenvalue weighted by molar-refractivity contribution is 6.60. The first-order valence-electron chi connectivity index (χ1n) is 4.34. The van der Waals surface area contributed by atoms with Gasteiger partial charge in [0.1, 0.15) is 0 Å². The van der Waals surface area contributed by atoms with Crippen molar-refractivity contribution in [2.24, 2.45) is 0 Å². The Morgan fingerprint density at radius 3 is 0.905 bits per heavy atom. The smallest absolute Gasteiger partial charge is 0.404 e. The van der Waals surface area contributed by atoms with E-state index in [0.29, 0.717) is 0 Å². The standard InChI is InChI=1S/C4H8N4O12Si/c9-1(5-13)17-21(18-2(10)6-14,19-3(11)7-15)20-4(12)8-16/h13-16H,(H,5,9)(H,6,10)(H,7,11)(H,8,12). The third-order valence-electron chi connectivity index (χ3n) is 1.24. The predicted molar refractivity (Wildman–Crippen MR) is 51.4 cm³/mol. The highest BCUT2D eigenvalue weighted by atomic mass is 28.4. The van der Waals surface area contributed by atoms with Crippen LogP contribution in [-0.2, 0) is 17.7 Å². The van der Waals surface area contributed by atoms with Crippen LogP contribution in [0.15, 0.2) is 0 Å². The molecule has 0 radical (unpaired) electrons. The molecular formula is C4H8N4O12Si. The third-order valence-corrected chi connectivity index (χ3v) is 2.98. The van der Waals surface area contributed by atoms with E-state index in [1.165, 1.54) is 0 Å². The molecule has 4 amide bonds. The summed E-state index contributed by atoms with van der Waals surface area (Å²) in [5.74, 6) is 0. The number of hydroxylamine groups is 4. The Morgan fingerprint density at radius 1 is 0.571 bits per heavy atom. The number of nitrogens with one attached hydrogen (secondary N) is 4. The lowest BCUT2D eigenvalue weighted by Crippen LogP contribution is -2.58. The first-order valence-corrected chi connectivity index (χ1v) is 5.98. The first-order chi connectivity index (χ1) is 9.82. The molecule has 0 aliphatic carbocycles. The lowest BCUT2D eigenvalue weighted by molar-refractivity contribution is 0.0104. The number of rotatable bonds is 4. The van der Waals surface area contributed by atoms with Crippen molar-refractivity contribution in [3.63, 3.8) is 0 Å². The maximum absolute atomic E-state index is 10.9. The summed E-state index contributed by atoms with van der Waals surface area (Å²) < 4.78 is 16.2. The van der Waals surface area contributed by atoms with Crippen LogP contribution in [0, 0.1) is 0 Å². The zero-order valence-electron chi connectivity index (χ0n) is 9.55. The molecule has 16 nitrogen and oxygen atoms in total. The second-order valence-corrected chi connectivity index (χ2v) is 4.32. The summed E-state index contributed by atoms with van der Waals surface area (Å²) in [7, 11) is -5.42. The maximum atomic E-state index is 10.9. The summed E-state index contributed by atoms with van der Waals surface area (Å²) in [4.78, 5) is 43.5. The van der Waals surface area contributed by atoms with Crippen LogP contribution in [0.25, 0.3) is 0 Å². The Bertz CT molecular complexity index is 337. The Kier molecular flexibility index (Phi) is 7.20. The summed E-state index contributed by atoms with van der Waals surface area (Å²) in [5.41, 5.74) is 3.38. The van der Waals surface area contributed by atoms with E-state index >= 15 is 0 Å². The first kappa shape index (κ1) is 18.1. The van der Waals surface area contributed by atoms with Crippen LogP contribution in [0.4, 0.5) is 19.2 Å². The molecular weight excluding hydrogens is 324 g/mol. The van der Waals surface area contributed by atoms with E-state index < -0.39 is 33.4 Å². The second kappa shape index (κ2) is 8.34. The SMILES string of the molecule is O=C(NO)O[Si](OC(=O)NO)(OC(=O)NO)OC(=O)NO. The van der Waals surface area contributed by atoms with Gasteiger partial charge in [-0.15, -0.1) is 0 Å². The summed E-state index contributed by atoms with van der Waals surface area (Å²) in [6.07, 6.45) is -7.32. The zero-order valence-corrected chi connectivity index (χ0v) is 10.6. The van der Waals surface area contributed by atoms with Crippen molar-refractivity contribution in [1.29, 1.82) is 0 Å². The van der Waals surface area contributed by atoms with Gasteiger partial charge >= 0.3 is 33.4 Å². The van der Waals surface area contributed by atoms with Gasteiger partial charge in [0, 0.05) is 0 Å². The predicted octanol–water partition coefficient (Wildman–Crippen LogP) is -2.12. The molecule has 120 valence electrons. The Labute approximate surface area is 114 Å². The van der Waals surface area contributed by atoms with Gasteiger partial charge in [0.05, 0.1) is 0 Å². The minimum atomic E-state index is -5.42. The molecule has 0 aliphatic heterocycles. The molecule has 0 aromatic carbocycles. The number of carbonyl (C=O) groups is 4. The minimum absolute atomic E-state index is 0.845. The number of hydrogen-bond acceptors (Lipinski definition) is 12. The van der Waals surface area contributed by atoms with E-state index in [-0.39, 0.29) is 0 Å². The molecule has 0 rings (SSSR count). The van der Waals surface area contributed by atoms with E-state index in [9.17, 15) is 19.2 Å². The van der Waals surface area contributed by atoms with Crippen molar-refractivity contribution >= 4 is 33.4 Å². The number of hydrogen-bond donors (Lipinski definition) is 8. The van der Waals surface area contributed by atoms with Crippen molar-refractivity contribution in [3.05, 3.63) is 0 Å². The van der Waals surface area contributed by atoms with Crippen molar-refractivity contribution < 1.29 is 57.7 Å². The maximum Gasteiger partial charge on any atom is 0.980 e. The Balaban J connectivity index is 5.43. The van der Waals surface area contributed by atoms with E-state index in [0.717, 1.165) is 21.9 Å². The van der Waals surface area contributed by atoms with Crippen LogP contribution in [0.1, 0.15) is 0 Å². The van der Waals surface area contributed by atoms with Crippen LogP contribution in [0.3, 0.4) is 0 Å². The van der Waals surface area contributed by atoms with Gasteiger partial charge in [0.15, 0.2) is 0 Å². The van der Waals surface area contributed by atoms with E-state index in [1.54, 1.807) is 0 Å². The van der Waals surface area contributed by atoms with Gasteiger partial charge in [-0.05, 0) is 0 Å². The average molecular weight is 332 g/mol. The molecule has 0 aliphatic rings. The van der Waals surface area contributed by atoms with E-state index in [2.05, 4.69) is 17.7 Å². The molecule has 0 spiro atoms. The molecule has 0 atom stereocenters. The molecule has 21 heavy (non-hydrogen) atoms. The highest BCUT2D eigenvalue weighted by Crippen LogP contribution is 2.13. The summed E-state index contributed by atoms with van der Waals surface area (Å²) in [6, 6.07) is 0. The molecule has 0 aromatic heterocycles. The van der Waals surface area contributed by atoms with Crippen LogP contribution in [0.5, 0.6) is 0 Å². The van der Waals surface area contributed by atoms with Gasteiger partial charge in [-0.2, -0.15) is 0 Å². The van der Waals surface area contributed by atoms with Crippen LogP contribution in [-0.4, -0.2) is 54.2 Å². The highest BCUT2D eigenvalue weighted by Gasteiger charge is 2.64. The fourth-order valence-electron chi connectivity index (χ4n) is 0.670. The van der Waals surface area contributed by atoms with Gasteiger partial charge in [0.2, 0.25) is 0 Å². The fraction of sp³-hybridized carbons (Fsp3) is 0. The minimum Gasteiger partial charge on any atom is -0.404 e. The summed E-state index contributed by atoms with van der Waals surface area (Å²) in [5, 5.41) is 33.0. The second-order valence-electron chi connectivity index (χ2n) is 2.51. The molecule has 0 saturated heterocycles. The molecule has 0 bridgehead atoms. The normalized spacial score (nSPS) is 9.71. The molecule has 0 unspecified atom stereocenters. The Morgan fingerprint density at radius 2 is 0.762 bits per heavy atom. The van der Waals surface area contributed by atoms with Crippen LogP contribution in [0.2, 0.25) is 0 Å². The monoisotopic (exact) mass is 332 g/mol. The Hall–Kier alpha value is -2.86. The quantitative estimate of drug-likeness (QED) is 0.157. The average Bonchev–Trinajstić information content (AvgIpc) is 2.46. The van der Waals surface area contributed by atoms with Crippen LogP contribution >= 0.6 is 0 Å². The van der Waals surface area contributed by atoms with Gasteiger partial charge < -0.3 is 17.7 Å². The van der Waals surface area contributed by atoms with Gasteiger partial charge in [-0.3, -0.25) is 20.8 Å². The summed E-state index contributed by atoms with van der Waals surface area (Å²) >= 11 is 0. The third kappa shape index (κ3) is 6.21. The van der Waals surface area contributed by atoms with Crippen molar-refractivity contribution in [3.8, 4) is 0 Å². The van der Waals surface area contributed by atoms with Crippen LogP contribution < -0.4 is 21.9 Å². The zero-order chi connectivity index (χ0) is 16.5. The topological polar surface area (TPSA) is 234 Å². The molecule has 0 saturated carbocycles. The molecule has 0 aromatic rings. The number of amides is 4. The lowest BCUT2D eigenvalue weighted by Gasteiger charge is -2.23. The molecule has 0 fully saturated rings. The van der Waals surface area contributed by atoms with Crippen molar-refractivity contribution in [2.75, 3.05) is 0 Å². The number of carbonyl (C=O) groups excluding carboxylic acids is 4. The molecule has 8 N–H and O–H groups in total. The van der Waals surface area contributed by atoms with Crippen molar-refractivity contribution in [2.45, 2.75) is 0 Å². The van der Waals surface area contributed by atoms with Gasteiger partial charge in [0.25, 0.3) is 0 Å².